The van der Waals surface area contributed by atoms with Gasteiger partial charge in [0, 0.05) is 6.42 Å². The highest BCUT2D eigenvalue weighted by molar-refractivity contribution is 5.41. The third kappa shape index (κ3) is 1.96. The third-order valence-electron chi connectivity index (χ3n) is 1.55. The first-order valence-corrected chi connectivity index (χ1v) is 3.66. The maximum Gasteiger partial charge on any atom is 0.257 e. The van der Waals surface area contributed by atoms with Crippen molar-refractivity contribution in [3.8, 4) is 6.07 Å². The molecule has 0 bridgehead atoms. The molecule has 13 heavy (non-hydrogen) atoms. The van der Waals surface area contributed by atoms with Crippen LogP contribution in [0.4, 0.5) is 11.8 Å². The number of anilines is 2. The van der Waals surface area contributed by atoms with Gasteiger partial charge >= 0.3 is 0 Å². The van der Waals surface area contributed by atoms with Crippen molar-refractivity contribution in [3.63, 3.8) is 0 Å². The molecule has 0 spiro atoms. The molecule has 1 aromatic rings. The number of aromatic amines is 1. The van der Waals surface area contributed by atoms with Gasteiger partial charge in [0.15, 0.2) is 0 Å². The van der Waals surface area contributed by atoms with E-state index in [0.717, 1.165) is 0 Å². The molecule has 1 aromatic heterocycles. The van der Waals surface area contributed by atoms with E-state index in [0.29, 0.717) is 12.0 Å². The molecule has 1 heterocycles. The molecule has 0 radical (unpaired) electrons. The van der Waals surface area contributed by atoms with Crippen LogP contribution in [0.5, 0.6) is 0 Å². The van der Waals surface area contributed by atoms with Crippen LogP contribution in [-0.4, -0.2) is 9.97 Å². The summed E-state index contributed by atoms with van der Waals surface area (Å²) in [4.78, 5) is 17.2. The molecule has 68 valence electrons. The minimum absolute atomic E-state index is 0.0109. The Labute approximate surface area is 74.2 Å². The van der Waals surface area contributed by atoms with Crippen molar-refractivity contribution in [3.05, 3.63) is 15.9 Å². The normalized spacial score (nSPS) is 9.46. The van der Waals surface area contributed by atoms with Crippen LogP contribution >= 0.6 is 0 Å². The van der Waals surface area contributed by atoms with E-state index in [1.54, 1.807) is 0 Å². The first-order chi connectivity index (χ1) is 6.15. The van der Waals surface area contributed by atoms with E-state index in [1.165, 1.54) is 0 Å². The second-order valence-corrected chi connectivity index (χ2v) is 2.47. The van der Waals surface area contributed by atoms with Crippen LogP contribution in [0.15, 0.2) is 4.79 Å². The SMILES string of the molecule is N#CCCc1c(N)nc(N)[nH]c1=O. The molecule has 0 aliphatic carbocycles. The predicted octanol–water partition coefficient (Wildman–Crippen LogP) is -0.610. The standard InChI is InChI=1S/C7H9N5O/c8-3-1-2-4-5(9)11-7(10)12-6(4)13/h1-2H2,(H5,9,10,11,12,13). The van der Waals surface area contributed by atoms with Gasteiger partial charge in [0.25, 0.3) is 5.56 Å². The fraction of sp³-hybridized carbons (Fsp3) is 0.286. The van der Waals surface area contributed by atoms with Gasteiger partial charge in [0.1, 0.15) is 5.82 Å². The monoisotopic (exact) mass is 179 g/mol. The van der Waals surface area contributed by atoms with Gasteiger partial charge in [-0.25, -0.2) is 0 Å². The van der Waals surface area contributed by atoms with E-state index in [4.69, 9.17) is 16.7 Å². The lowest BCUT2D eigenvalue weighted by molar-refractivity contribution is 0.958. The van der Waals surface area contributed by atoms with E-state index >= 15 is 0 Å². The lowest BCUT2D eigenvalue weighted by Gasteiger charge is -2.01. The molecule has 1 rings (SSSR count). The molecule has 0 aliphatic rings. The Morgan fingerprint density at radius 2 is 2.23 bits per heavy atom. The average Bonchev–Trinajstić information content (AvgIpc) is 2.02. The predicted molar refractivity (Wildman–Crippen MR) is 47.6 cm³/mol. The number of nitrogen functional groups attached to an aromatic ring is 2. The zero-order valence-corrected chi connectivity index (χ0v) is 6.87. The fourth-order valence-electron chi connectivity index (χ4n) is 0.956. The molecule has 0 amide bonds. The van der Waals surface area contributed by atoms with Crippen LogP contribution in [0, 0.1) is 11.3 Å². The molecular formula is C7H9N5O. The van der Waals surface area contributed by atoms with E-state index in [2.05, 4.69) is 9.97 Å². The first kappa shape index (κ1) is 9.06. The third-order valence-corrected chi connectivity index (χ3v) is 1.55. The van der Waals surface area contributed by atoms with Crippen LogP contribution in [0.3, 0.4) is 0 Å². The highest BCUT2D eigenvalue weighted by Gasteiger charge is 2.06. The van der Waals surface area contributed by atoms with Gasteiger partial charge in [-0.2, -0.15) is 10.2 Å². The lowest BCUT2D eigenvalue weighted by atomic mass is 10.2. The summed E-state index contributed by atoms with van der Waals surface area (Å²) in [5.41, 5.74) is 10.6. The minimum Gasteiger partial charge on any atom is -0.383 e. The highest BCUT2D eigenvalue weighted by atomic mass is 16.1. The van der Waals surface area contributed by atoms with E-state index in [9.17, 15) is 4.79 Å². The molecule has 0 unspecified atom stereocenters. The molecular weight excluding hydrogens is 170 g/mol. The van der Waals surface area contributed by atoms with Crippen molar-refractivity contribution in [1.29, 1.82) is 5.26 Å². The number of nitrogens with zero attached hydrogens (tertiary/aromatic N) is 2. The fourth-order valence-corrected chi connectivity index (χ4v) is 0.956. The van der Waals surface area contributed by atoms with Gasteiger partial charge in [-0.05, 0) is 6.42 Å². The van der Waals surface area contributed by atoms with Crippen molar-refractivity contribution >= 4 is 11.8 Å². The second kappa shape index (κ2) is 3.58. The summed E-state index contributed by atoms with van der Waals surface area (Å²) in [5.74, 6) is 0.0831. The molecule has 0 fully saturated rings. The largest absolute Gasteiger partial charge is 0.383 e. The number of hydrogen-bond donors (Lipinski definition) is 3. The van der Waals surface area contributed by atoms with Gasteiger partial charge in [-0.15, -0.1) is 0 Å². The van der Waals surface area contributed by atoms with Gasteiger partial charge in [0.2, 0.25) is 5.95 Å². The molecule has 0 saturated carbocycles. The van der Waals surface area contributed by atoms with E-state index < -0.39 is 0 Å². The number of nitrogens with two attached hydrogens (primary N) is 2. The number of aromatic nitrogens is 2. The molecule has 6 heteroatoms. The number of H-pyrrole nitrogens is 1. The summed E-state index contributed by atoms with van der Waals surface area (Å²) in [6.07, 6.45) is 0.532. The molecule has 0 aliphatic heterocycles. The summed E-state index contributed by atoms with van der Waals surface area (Å²) in [7, 11) is 0. The zero-order chi connectivity index (χ0) is 9.84. The minimum atomic E-state index is -0.375. The molecule has 6 nitrogen and oxygen atoms in total. The van der Waals surface area contributed by atoms with Gasteiger partial charge in [0.05, 0.1) is 11.6 Å². The molecule has 0 aromatic carbocycles. The van der Waals surface area contributed by atoms with Crippen molar-refractivity contribution in [2.45, 2.75) is 12.8 Å². The van der Waals surface area contributed by atoms with E-state index in [1.807, 2.05) is 6.07 Å². The summed E-state index contributed by atoms with van der Waals surface area (Å²) >= 11 is 0. The Bertz CT molecular complexity index is 402. The Kier molecular flexibility index (Phi) is 2.50. The lowest BCUT2D eigenvalue weighted by Crippen LogP contribution is -2.19. The molecule has 5 N–H and O–H groups in total. The summed E-state index contributed by atoms with van der Waals surface area (Å²) in [6, 6.07) is 1.92. The Morgan fingerprint density at radius 1 is 1.54 bits per heavy atom. The van der Waals surface area contributed by atoms with Crippen molar-refractivity contribution in [1.82, 2.24) is 9.97 Å². The quantitative estimate of drug-likeness (QED) is 0.559. The summed E-state index contributed by atoms with van der Waals surface area (Å²) in [6.45, 7) is 0. The first-order valence-electron chi connectivity index (χ1n) is 3.66. The topological polar surface area (TPSA) is 122 Å². The van der Waals surface area contributed by atoms with Crippen molar-refractivity contribution in [2.75, 3.05) is 11.5 Å². The van der Waals surface area contributed by atoms with Crippen LogP contribution < -0.4 is 17.0 Å². The number of rotatable bonds is 2. The van der Waals surface area contributed by atoms with Gasteiger partial charge in [-0.1, -0.05) is 0 Å². The number of nitrogens with one attached hydrogen (secondary N) is 1. The van der Waals surface area contributed by atoms with Crippen molar-refractivity contribution < 1.29 is 0 Å². The Morgan fingerprint density at radius 3 is 2.77 bits per heavy atom. The number of nitriles is 1. The van der Waals surface area contributed by atoms with E-state index in [-0.39, 0.29) is 23.7 Å². The maximum absolute atomic E-state index is 11.2. The van der Waals surface area contributed by atoms with Crippen LogP contribution in [0.2, 0.25) is 0 Å². The maximum atomic E-state index is 11.2. The summed E-state index contributed by atoms with van der Waals surface area (Å²) < 4.78 is 0. The zero-order valence-electron chi connectivity index (χ0n) is 6.87. The summed E-state index contributed by atoms with van der Waals surface area (Å²) in [5, 5.41) is 8.32. The van der Waals surface area contributed by atoms with Crippen molar-refractivity contribution in [2.24, 2.45) is 0 Å². The van der Waals surface area contributed by atoms with Gasteiger partial charge in [-0.3, -0.25) is 9.78 Å². The number of hydrogen-bond acceptors (Lipinski definition) is 5. The van der Waals surface area contributed by atoms with Crippen LogP contribution in [0.25, 0.3) is 0 Å². The Balaban J connectivity index is 3.08. The molecule has 0 atom stereocenters. The smallest absolute Gasteiger partial charge is 0.257 e. The Hall–Kier alpha value is -2.03. The second-order valence-electron chi connectivity index (χ2n) is 2.47. The highest BCUT2D eigenvalue weighted by Crippen LogP contribution is 2.05. The van der Waals surface area contributed by atoms with Gasteiger partial charge < -0.3 is 11.5 Å². The molecule has 0 saturated heterocycles. The van der Waals surface area contributed by atoms with Crippen LogP contribution in [-0.2, 0) is 6.42 Å². The average molecular weight is 179 g/mol. The van der Waals surface area contributed by atoms with Crippen LogP contribution in [0.1, 0.15) is 12.0 Å².